The zero-order chi connectivity index (χ0) is 16.6. The third kappa shape index (κ3) is 6.43. The number of rotatable bonds is 4. The van der Waals surface area contributed by atoms with Gasteiger partial charge in [0.1, 0.15) is 18.1 Å². The summed E-state index contributed by atoms with van der Waals surface area (Å²) >= 11 is 0. The van der Waals surface area contributed by atoms with Crippen LogP contribution in [0.1, 0.15) is 5.56 Å². The fourth-order valence-corrected chi connectivity index (χ4v) is 1.89. The van der Waals surface area contributed by atoms with Gasteiger partial charge in [0, 0.05) is 0 Å². The molecule has 0 fully saturated rings. The molecule has 0 radical (unpaired) electrons. The largest absolute Gasteiger partial charge is 0.508 e. The van der Waals surface area contributed by atoms with Gasteiger partial charge in [-0.25, -0.2) is 0 Å². The molecule has 2 aromatic rings. The summed E-state index contributed by atoms with van der Waals surface area (Å²) in [6.07, 6.45) is 1.67. The number of aryl methyl sites for hydroxylation is 1. The molecule has 6 heteroatoms. The van der Waals surface area contributed by atoms with Crippen molar-refractivity contribution >= 4 is 10.1 Å². The molecule has 0 saturated heterocycles. The number of phenolic OH excluding ortho intramolecular Hbond substituents is 1. The Morgan fingerprint density at radius 3 is 2.09 bits per heavy atom. The first-order chi connectivity index (χ1) is 10.3. The predicted molar refractivity (Wildman–Crippen MR) is 84.8 cm³/mol. The smallest absolute Gasteiger partial charge is 0.294 e. The van der Waals surface area contributed by atoms with E-state index in [9.17, 15) is 8.42 Å². The summed E-state index contributed by atoms with van der Waals surface area (Å²) in [5, 5.41) is 8.91. The van der Waals surface area contributed by atoms with Gasteiger partial charge >= 0.3 is 0 Å². The zero-order valence-corrected chi connectivity index (χ0v) is 13.0. The molecule has 0 atom stereocenters. The predicted octanol–water partition coefficient (Wildman–Crippen LogP) is 3.20. The van der Waals surface area contributed by atoms with E-state index in [0.717, 1.165) is 11.3 Å². The van der Waals surface area contributed by atoms with E-state index in [1.165, 1.54) is 12.1 Å². The fourth-order valence-electron chi connectivity index (χ4n) is 1.41. The van der Waals surface area contributed by atoms with E-state index in [-0.39, 0.29) is 10.6 Å². The van der Waals surface area contributed by atoms with Crippen LogP contribution in [0, 0.1) is 6.92 Å². The van der Waals surface area contributed by atoms with E-state index in [1.807, 2.05) is 6.92 Å². The van der Waals surface area contributed by atoms with Crippen LogP contribution in [0.5, 0.6) is 11.5 Å². The van der Waals surface area contributed by atoms with Crippen LogP contribution >= 0.6 is 0 Å². The van der Waals surface area contributed by atoms with Gasteiger partial charge in [-0.3, -0.25) is 4.55 Å². The Hall–Kier alpha value is -2.31. The number of hydrogen-bond donors (Lipinski definition) is 2. The van der Waals surface area contributed by atoms with Gasteiger partial charge in [-0.15, -0.1) is 0 Å². The van der Waals surface area contributed by atoms with Crippen molar-refractivity contribution in [3.63, 3.8) is 0 Å². The minimum absolute atomic E-state index is 0.0666. The van der Waals surface area contributed by atoms with E-state index < -0.39 is 10.1 Å². The summed E-state index contributed by atoms with van der Waals surface area (Å²) in [5.41, 5.74) is 0.956. The first-order valence-electron chi connectivity index (χ1n) is 6.40. The SMILES string of the molecule is C=CCOc1ccc(O)cc1.Cc1ccc(S(=O)(=O)O)cc1. The standard InChI is InChI=1S/C9H10O2.C7H8O3S/c1-2-7-11-9-5-3-8(10)4-6-9;1-6-2-4-7(5-3-6)11(8,9)10/h2-6,10H,1,7H2;2-5H,1H3,(H,8,9,10). The van der Waals surface area contributed by atoms with Crippen LogP contribution in [-0.4, -0.2) is 24.7 Å². The summed E-state index contributed by atoms with van der Waals surface area (Å²) in [4.78, 5) is -0.0666. The van der Waals surface area contributed by atoms with Crippen LogP contribution in [0.4, 0.5) is 0 Å². The Bertz CT molecular complexity index is 688. The van der Waals surface area contributed by atoms with Gasteiger partial charge in [0.25, 0.3) is 10.1 Å². The second kappa shape index (κ2) is 8.21. The van der Waals surface area contributed by atoms with Crippen molar-refractivity contribution in [3.8, 4) is 11.5 Å². The summed E-state index contributed by atoms with van der Waals surface area (Å²) < 4.78 is 34.7. The lowest BCUT2D eigenvalue weighted by atomic mass is 10.2. The highest BCUT2D eigenvalue weighted by Crippen LogP contribution is 2.15. The van der Waals surface area contributed by atoms with E-state index in [4.69, 9.17) is 14.4 Å². The molecule has 22 heavy (non-hydrogen) atoms. The zero-order valence-electron chi connectivity index (χ0n) is 12.1. The molecular formula is C16H18O5S. The first kappa shape index (κ1) is 17.7. The van der Waals surface area contributed by atoms with Crippen molar-refractivity contribution in [2.75, 3.05) is 6.61 Å². The van der Waals surface area contributed by atoms with Crippen molar-refractivity contribution in [1.29, 1.82) is 0 Å². The molecule has 0 aliphatic heterocycles. The Morgan fingerprint density at radius 1 is 1.09 bits per heavy atom. The number of hydrogen-bond acceptors (Lipinski definition) is 4. The van der Waals surface area contributed by atoms with Crippen LogP contribution < -0.4 is 4.74 Å². The number of ether oxygens (including phenoxy) is 1. The lowest BCUT2D eigenvalue weighted by molar-refractivity contribution is 0.362. The average molecular weight is 322 g/mol. The van der Waals surface area contributed by atoms with Crippen molar-refractivity contribution in [1.82, 2.24) is 0 Å². The molecule has 0 spiro atoms. The maximum absolute atomic E-state index is 10.5. The second-order valence-electron chi connectivity index (χ2n) is 4.38. The van der Waals surface area contributed by atoms with E-state index >= 15 is 0 Å². The summed E-state index contributed by atoms with van der Waals surface area (Å²) in [6.45, 7) is 5.85. The van der Waals surface area contributed by atoms with Gasteiger partial charge in [0.2, 0.25) is 0 Å². The van der Waals surface area contributed by atoms with Gasteiger partial charge < -0.3 is 9.84 Å². The lowest BCUT2D eigenvalue weighted by Gasteiger charge is -2.01. The lowest BCUT2D eigenvalue weighted by Crippen LogP contribution is -1.96. The summed E-state index contributed by atoms with van der Waals surface area (Å²) in [7, 11) is -4.02. The molecule has 0 aromatic heterocycles. The molecule has 0 unspecified atom stereocenters. The number of aromatic hydroxyl groups is 1. The van der Waals surface area contributed by atoms with Gasteiger partial charge in [-0.05, 0) is 43.3 Å². The highest BCUT2D eigenvalue weighted by molar-refractivity contribution is 7.85. The van der Waals surface area contributed by atoms with Crippen molar-refractivity contribution in [3.05, 3.63) is 66.7 Å². The molecule has 0 heterocycles. The number of phenols is 1. The summed E-state index contributed by atoms with van der Waals surface area (Å²) in [6, 6.07) is 12.6. The Morgan fingerprint density at radius 2 is 1.64 bits per heavy atom. The van der Waals surface area contributed by atoms with E-state index in [1.54, 1.807) is 42.5 Å². The Balaban J connectivity index is 0.000000220. The van der Waals surface area contributed by atoms with Gasteiger partial charge in [-0.1, -0.05) is 30.4 Å². The minimum Gasteiger partial charge on any atom is -0.508 e. The molecule has 5 nitrogen and oxygen atoms in total. The quantitative estimate of drug-likeness (QED) is 0.667. The number of benzene rings is 2. The minimum atomic E-state index is -4.02. The van der Waals surface area contributed by atoms with Crippen LogP contribution in [0.25, 0.3) is 0 Å². The van der Waals surface area contributed by atoms with E-state index in [2.05, 4.69) is 6.58 Å². The third-order valence-electron chi connectivity index (χ3n) is 2.52. The molecule has 0 bridgehead atoms. The molecule has 2 N–H and O–H groups in total. The molecule has 0 saturated carbocycles. The van der Waals surface area contributed by atoms with Crippen molar-refractivity contribution < 1.29 is 22.8 Å². The Kier molecular flexibility index (Phi) is 6.62. The topological polar surface area (TPSA) is 83.8 Å². The van der Waals surface area contributed by atoms with Gasteiger partial charge in [-0.2, -0.15) is 8.42 Å². The van der Waals surface area contributed by atoms with Gasteiger partial charge in [0.05, 0.1) is 4.90 Å². The molecule has 2 rings (SSSR count). The molecule has 0 aliphatic carbocycles. The van der Waals surface area contributed by atoms with Gasteiger partial charge in [0.15, 0.2) is 0 Å². The Labute approximate surface area is 130 Å². The molecule has 0 aliphatic rings. The second-order valence-corrected chi connectivity index (χ2v) is 5.80. The molecular weight excluding hydrogens is 304 g/mol. The van der Waals surface area contributed by atoms with Crippen LogP contribution in [0.3, 0.4) is 0 Å². The third-order valence-corrected chi connectivity index (χ3v) is 3.39. The average Bonchev–Trinajstić information content (AvgIpc) is 2.47. The van der Waals surface area contributed by atoms with Crippen LogP contribution in [-0.2, 0) is 10.1 Å². The van der Waals surface area contributed by atoms with E-state index in [0.29, 0.717) is 6.61 Å². The molecule has 0 amide bonds. The van der Waals surface area contributed by atoms with Crippen molar-refractivity contribution in [2.45, 2.75) is 11.8 Å². The fraction of sp³-hybridized carbons (Fsp3) is 0.125. The maximum Gasteiger partial charge on any atom is 0.294 e. The summed E-state index contributed by atoms with van der Waals surface area (Å²) in [5.74, 6) is 0.985. The highest BCUT2D eigenvalue weighted by Gasteiger charge is 2.06. The highest BCUT2D eigenvalue weighted by atomic mass is 32.2. The normalized spacial score (nSPS) is 10.3. The van der Waals surface area contributed by atoms with Crippen molar-refractivity contribution in [2.24, 2.45) is 0 Å². The van der Waals surface area contributed by atoms with Crippen LogP contribution in [0.2, 0.25) is 0 Å². The first-order valence-corrected chi connectivity index (χ1v) is 7.84. The van der Waals surface area contributed by atoms with Crippen LogP contribution in [0.15, 0.2) is 66.1 Å². The molecule has 118 valence electrons. The molecule has 2 aromatic carbocycles. The maximum atomic E-state index is 10.5. The monoisotopic (exact) mass is 322 g/mol.